The molecule has 0 radical (unpaired) electrons. The molecule has 0 amide bonds. The van der Waals surface area contributed by atoms with Crippen molar-refractivity contribution >= 4 is 35.8 Å². The smallest absolute Gasteiger partial charge is 0.191 e. The summed E-state index contributed by atoms with van der Waals surface area (Å²) in [5.41, 5.74) is 1.16. The largest absolute Gasteiger partial charge is 0.378 e. The quantitative estimate of drug-likeness (QED) is 0.233. The molecule has 8 heteroatoms. The molecule has 2 fully saturated rings. The number of likely N-dealkylation sites (tertiary alicyclic amines) is 1. The van der Waals surface area contributed by atoms with Crippen LogP contribution in [0, 0.1) is 0 Å². The van der Waals surface area contributed by atoms with Gasteiger partial charge in [-0.15, -0.1) is 24.0 Å². The average molecular weight is 530 g/mol. The van der Waals surface area contributed by atoms with Gasteiger partial charge < -0.3 is 25.2 Å². The van der Waals surface area contributed by atoms with E-state index in [2.05, 4.69) is 38.4 Å². The summed E-state index contributed by atoms with van der Waals surface area (Å²) in [5.74, 6) is 1.93. The normalized spacial score (nSPS) is 18.4. The van der Waals surface area contributed by atoms with Crippen LogP contribution < -0.4 is 15.5 Å². The van der Waals surface area contributed by atoms with Crippen LogP contribution in [0.1, 0.15) is 44.6 Å². The Morgan fingerprint density at radius 2 is 1.87 bits per heavy atom. The Bertz CT molecular complexity index is 615. The van der Waals surface area contributed by atoms with E-state index in [9.17, 15) is 0 Å². The molecule has 2 saturated heterocycles. The maximum atomic E-state index is 5.48. The Hall–Kier alpha value is -1.13. The SMILES string of the molecule is CCNC(=NCc1cccnc1N1CCOCC1)NCCCN1CCCCCC1.I. The molecule has 3 rings (SSSR count). The van der Waals surface area contributed by atoms with E-state index in [0.717, 1.165) is 63.2 Å². The van der Waals surface area contributed by atoms with Gasteiger partial charge >= 0.3 is 0 Å². The molecule has 0 unspecified atom stereocenters. The number of hydrogen-bond donors (Lipinski definition) is 2. The van der Waals surface area contributed by atoms with Gasteiger partial charge in [0.25, 0.3) is 0 Å². The highest BCUT2D eigenvalue weighted by atomic mass is 127. The Morgan fingerprint density at radius 1 is 1.10 bits per heavy atom. The Kier molecular flexibility index (Phi) is 12.4. The lowest BCUT2D eigenvalue weighted by atomic mass is 10.2. The van der Waals surface area contributed by atoms with Gasteiger partial charge in [0.15, 0.2) is 5.96 Å². The number of aromatic nitrogens is 1. The first-order chi connectivity index (χ1) is 14.4. The molecule has 1 aromatic heterocycles. The lowest BCUT2D eigenvalue weighted by Gasteiger charge is -2.29. The fourth-order valence-corrected chi connectivity index (χ4v) is 3.99. The Balaban J connectivity index is 0.00000320. The zero-order valence-corrected chi connectivity index (χ0v) is 20.8. The van der Waals surface area contributed by atoms with Crippen molar-refractivity contribution in [2.24, 2.45) is 4.99 Å². The van der Waals surface area contributed by atoms with Gasteiger partial charge in [0.1, 0.15) is 5.82 Å². The lowest BCUT2D eigenvalue weighted by Crippen LogP contribution is -2.39. The summed E-state index contributed by atoms with van der Waals surface area (Å²) >= 11 is 0. The topological polar surface area (TPSA) is 65.0 Å². The fourth-order valence-electron chi connectivity index (χ4n) is 3.99. The van der Waals surface area contributed by atoms with Gasteiger partial charge in [-0.1, -0.05) is 18.9 Å². The fraction of sp³-hybridized carbons (Fsp3) is 0.727. The lowest BCUT2D eigenvalue weighted by molar-refractivity contribution is 0.122. The van der Waals surface area contributed by atoms with E-state index in [-0.39, 0.29) is 24.0 Å². The second kappa shape index (κ2) is 14.8. The van der Waals surface area contributed by atoms with Crippen LogP contribution in [0.25, 0.3) is 0 Å². The minimum absolute atomic E-state index is 0. The van der Waals surface area contributed by atoms with Gasteiger partial charge in [-0.2, -0.15) is 0 Å². The van der Waals surface area contributed by atoms with Gasteiger partial charge in [-0.05, 0) is 51.9 Å². The molecule has 0 atom stereocenters. The van der Waals surface area contributed by atoms with Crippen LogP contribution in [0.2, 0.25) is 0 Å². The summed E-state index contributed by atoms with van der Waals surface area (Å²) in [7, 11) is 0. The van der Waals surface area contributed by atoms with E-state index in [0.29, 0.717) is 6.54 Å². The zero-order chi connectivity index (χ0) is 20.2. The molecule has 3 heterocycles. The second-order valence-corrected chi connectivity index (χ2v) is 7.82. The van der Waals surface area contributed by atoms with Gasteiger partial charge in [-0.25, -0.2) is 9.98 Å². The molecule has 170 valence electrons. The third-order valence-corrected chi connectivity index (χ3v) is 5.57. The molecule has 0 spiro atoms. The minimum atomic E-state index is 0. The molecule has 0 aliphatic carbocycles. The van der Waals surface area contributed by atoms with Crippen LogP contribution in [0.4, 0.5) is 5.82 Å². The molecular weight excluding hydrogens is 491 g/mol. The third-order valence-electron chi connectivity index (χ3n) is 5.57. The highest BCUT2D eigenvalue weighted by molar-refractivity contribution is 14.0. The van der Waals surface area contributed by atoms with Crippen molar-refractivity contribution in [3.05, 3.63) is 23.9 Å². The van der Waals surface area contributed by atoms with Gasteiger partial charge in [0.2, 0.25) is 0 Å². The average Bonchev–Trinajstić information content (AvgIpc) is 3.04. The number of pyridine rings is 1. The van der Waals surface area contributed by atoms with Crippen LogP contribution in [0.5, 0.6) is 0 Å². The van der Waals surface area contributed by atoms with E-state index in [1.54, 1.807) is 0 Å². The molecule has 30 heavy (non-hydrogen) atoms. The summed E-state index contributed by atoms with van der Waals surface area (Å²) < 4.78 is 5.48. The first-order valence-corrected chi connectivity index (χ1v) is 11.4. The van der Waals surface area contributed by atoms with E-state index < -0.39 is 0 Å². The van der Waals surface area contributed by atoms with Crippen LogP contribution in [-0.2, 0) is 11.3 Å². The molecule has 0 bridgehead atoms. The van der Waals surface area contributed by atoms with Crippen LogP contribution in [-0.4, -0.2) is 74.9 Å². The van der Waals surface area contributed by atoms with Crippen LogP contribution in [0.3, 0.4) is 0 Å². The van der Waals surface area contributed by atoms with Gasteiger partial charge in [-0.3, -0.25) is 0 Å². The number of anilines is 1. The van der Waals surface area contributed by atoms with Gasteiger partial charge in [0.05, 0.1) is 19.8 Å². The van der Waals surface area contributed by atoms with Crippen molar-refractivity contribution in [1.82, 2.24) is 20.5 Å². The first-order valence-electron chi connectivity index (χ1n) is 11.4. The number of hydrogen-bond acceptors (Lipinski definition) is 5. The highest BCUT2D eigenvalue weighted by Crippen LogP contribution is 2.19. The highest BCUT2D eigenvalue weighted by Gasteiger charge is 2.15. The number of halogens is 1. The minimum Gasteiger partial charge on any atom is -0.378 e. The number of guanidine groups is 1. The summed E-state index contributed by atoms with van der Waals surface area (Å²) in [6.07, 6.45) is 8.52. The van der Waals surface area contributed by atoms with Gasteiger partial charge in [0, 0.05) is 37.9 Å². The van der Waals surface area contributed by atoms with Crippen molar-refractivity contribution in [1.29, 1.82) is 0 Å². The van der Waals surface area contributed by atoms with E-state index >= 15 is 0 Å². The Labute approximate surface area is 199 Å². The third kappa shape index (κ3) is 8.55. The number of aliphatic imine (C=N–C) groups is 1. The molecule has 0 aromatic carbocycles. The van der Waals surface area contributed by atoms with Crippen molar-refractivity contribution < 1.29 is 4.74 Å². The van der Waals surface area contributed by atoms with E-state index in [1.807, 2.05) is 12.3 Å². The predicted molar refractivity (Wildman–Crippen MR) is 135 cm³/mol. The summed E-state index contributed by atoms with van der Waals surface area (Å²) in [6, 6.07) is 4.13. The first kappa shape index (κ1) is 25.1. The van der Waals surface area contributed by atoms with Crippen molar-refractivity contribution in [2.45, 2.75) is 45.6 Å². The predicted octanol–water partition coefficient (Wildman–Crippen LogP) is 2.86. The zero-order valence-electron chi connectivity index (χ0n) is 18.4. The standard InChI is InChI=1S/C22H38N6O.HI/c1-2-23-22(25-11-8-14-27-12-5-3-4-6-13-27)26-19-20-9-7-10-24-21(20)28-15-17-29-18-16-28;/h7,9-10H,2-6,8,11-19H2,1H3,(H2,23,25,26);1H. The monoisotopic (exact) mass is 530 g/mol. The molecule has 0 saturated carbocycles. The molecular formula is C22H39IN6O. The number of nitrogens with one attached hydrogen (secondary N) is 2. The number of rotatable bonds is 8. The van der Waals surface area contributed by atoms with E-state index in [1.165, 1.54) is 45.3 Å². The molecule has 1 aromatic rings. The number of nitrogens with zero attached hydrogens (tertiary/aromatic N) is 4. The van der Waals surface area contributed by atoms with Crippen LogP contribution in [0.15, 0.2) is 23.3 Å². The maximum absolute atomic E-state index is 5.48. The summed E-state index contributed by atoms with van der Waals surface area (Å²) in [4.78, 5) is 14.4. The summed E-state index contributed by atoms with van der Waals surface area (Å²) in [6.45, 7) is 11.6. The second-order valence-electron chi connectivity index (χ2n) is 7.82. The molecule has 2 N–H and O–H groups in total. The number of ether oxygens (including phenoxy) is 1. The molecule has 2 aliphatic heterocycles. The summed E-state index contributed by atoms with van der Waals surface area (Å²) in [5, 5.41) is 6.87. The van der Waals surface area contributed by atoms with Crippen molar-refractivity contribution in [3.8, 4) is 0 Å². The molecule has 2 aliphatic rings. The van der Waals surface area contributed by atoms with Crippen LogP contribution >= 0.6 is 24.0 Å². The maximum Gasteiger partial charge on any atom is 0.191 e. The van der Waals surface area contributed by atoms with Crippen molar-refractivity contribution in [2.75, 3.05) is 63.9 Å². The molecule has 7 nitrogen and oxygen atoms in total. The van der Waals surface area contributed by atoms with Crippen molar-refractivity contribution in [3.63, 3.8) is 0 Å². The number of morpholine rings is 1. The Morgan fingerprint density at radius 3 is 2.60 bits per heavy atom. The van der Waals surface area contributed by atoms with E-state index in [4.69, 9.17) is 9.73 Å².